The Bertz CT molecular complexity index is 620. The van der Waals surface area contributed by atoms with Gasteiger partial charge in [0.15, 0.2) is 0 Å². The minimum absolute atomic E-state index is 0.303. The molecule has 2 rings (SSSR count). The van der Waals surface area contributed by atoms with E-state index < -0.39 is 5.97 Å². The molecule has 21 heavy (non-hydrogen) atoms. The van der Waals surface area contributed by atoms with Crippen molar-refractivity contribution in [3.05, 3.63) is 42.0 Å². The van der Waals surface area contributed by atoms with E-state index in [1.807, 2.05) is 24.3 Å². The molecule has 4 nitrogen and oxygen atoms in total. The van der Waals surface area contributed by atoms with Gasteiger partial charge < -0.3 is 14.7 Å². The van der Waals surface area contributed by atoms with Crippen molar-refractivity contribution in [1.82, 2.24) is 4.90 Å². The zero-order chi connectivity index (χ0) is 15.2. The van der Waals surface area contributed by atoms with Crippen molar-refractivity contribution in [3.8, 4) is 5.75 Å². The van der Waals surface area contributed by atoms with Crippen LogP contribution in [0.3, 0.4) is 0 Å². The van der Waals surface area contributed by atoms with Gasteiger partial charge in [0, 0.05) is 6.54 Å². The fourth-order valence-corrected chi connectivity index (χ4v) is 2.28. The number of carbonyl (C=O) groups is 1. The summed E-state index contributed by atoms with van der Waals surface area (Å²) in [5.74, 6) is -0.0887. The standard InChI is InChI=1S/C17H21NO3/c1-3-18(4-2)9-10-21-16-8-7-13-11-15(17(19)20)6-5-14(13)12-16/h5-8,11-12H,3-4,9-10H2,1-2H3,(H,19,20). The molecule has 2 aromatic carbocycles. The van der Waals surface area contributed by atoms with Gasteiger partial charge in [0.25, 0.3) is 0 Å². The Balaban J connectivity index is 2.05. The molecule has 0 atom stereocenters. The zero-order valence-electron chi connectivity index (χ0n) is 12.5. The van der Waals surface area contributed by atoms with Crippen LogP contribution in [0.15, 0.2) is 36.4 Å². The van der Waals surface area contributed by atoms with Gasteiger partial charge in [0.2, 0.25) is 0 Å². The van der Waals surface area contributed by atoms with E-state index in [2.05, 4.69) is 18.7 Å². The number of ether oxygens (including phenoxy) is 1. The second-order valence-electron chi connectivity index (χ2n) is 4.90. The van der Waals surface area contributed by atoms with Crippen LogP contribution in [-0.2, 0) is 0 Å². The first kappa shape index (κ1) is 15.3. The minimum Gasteiger partial charge on any atom is -0.492 e. The normalized spacial score (nSPS) is 11.0. The lowest BCUT2D eigenvalue weighted by Crippen LogP contribution is -2.27. The molecule has 0 aliphatic carbocycles. The monoisotopic (exact) mass is 287 g/mol. The number of aromatic carboxylic acids is 1. The highest BCUT2D eigenvalue weighted by molar-refractivity contribution is 5.94. The third-order valence-electron chi connectivity index (χ3n) is 3.63. The van der Waals surface area contributed by atoms with E-state index in [1.54, 1.807) is 12.1 Å². The van der Waals surface area contributed by atoms with Gasteiger partial charge in [-0.2, -0.15) is 0 Å². The molecule has 2 aromatic rings. The van der Waals surface area contributed by atoms with Gasteiger partial charge in [-0.05, 0) is 48.1 Å². The van der Waals surface area contributed by atoms with Crippen molar-refractivity contribution < 1.29 is 14.6 Å². The number of carboxylic acids is 1. The zero-order valence-corrected chi connectivity index (χ0v) is 12.5. The molecule has 112 valence electrons. The van der Waals surface area contributed by atoms with Crippen molar-refractivity contribution in [1.29, 1.82) is 0 Å². The maximum Gasteiger partial charge on any atom is 0.335 e. The van der Waals surface area contributed by atoms with Crippen LogP contribution in [0.1, 0.15) is 24.2 Å². The van der Waals surface area contributed by atoms with Crippen LogP contribution < -0.4 is 4.74 Å². The molecule has 1 N–H and O–H groups in total. The summed E-state index contributed by atoms with van der Waals surface area (Å²) in [5, 5.41) is 10.9. The van der Waals surface area contributed by atoms with E-state index in [0.29, 0.717) is 12.2 Å². The lowest BCUT2D eigenvalue weighted by molar-refractivity contribution is 0.0697. The van der Waals surface area contributed by atoms with Crippen molar-refractivity contribution in [2.24, 2.45) is 0 Å². The predicted molar refractivity (Wildman–Crippen MR) is 84.2 cm³/mol. The summed E-state index contributed by atoms with van der Waals surface area (Å²) in [7, 11) is 0. The van der Waals surface area contributed by atoms with Crippen LogP contribution in [0, 0.1) is 0 Å². The van der Waals surface area contributed by atoms with Crippen LogP contribution >= 0.6 is 0 Å². The molecule has 0 saturated heterocycles. The third-order valence-corrected chi connectivity index (χ3v) is 3.63. The highest BCUT2D eigenvalue weighted by Gasteiger charge is 2.05. The topological polar surface area (TPSA) is 49.8 Å². The predicted octanol–water partition coefficient (Wildman–Crippen LogP) is 3.26. The number of hydrogen-bond acceptors (Lipinski definition) is 3. The van der Waals surface area contributed by atoms with E-state index in [-0.39, 0.29) is 0 Å². The summed E-state index contributed by atoms with van der Waals surface area (Å²) in [6.45, 7) is 7.88. The second kappa shape index (κ2) is 7.09. The molecule has 0 unspecified atom stereocenters. The number of likely N-dealkylation sites (N-methyl/N-ethyl adjacent to an activating group) is 1. The van der Waals surface area contributed by atoms with Crippen LogP contribution in [0.4, 0.5) is 0 Å². The van der Waals surface area contributed by atoms with Crippen molar-refractivity contribution >= 4 is 16.7 Å². The van der Waals surface area contributed by atoms with Crippen LogP contribution in [-0.4, -0.2) is 42.2 Å². The van der Waals surface area contributed by atoms with Gasteiger partial charge in [-0.15, -0.1) is 0 Å². The van der Waals surface area contributed by atoms with Crippen molar-refractivity contribution in [3.63, 3.8) is 0 Å². The van der Waals surface area contributed by atoms with Crippen molar-refractivity contribution in [2.45, 2.75) is 13.8 Å². The van der Waals surface area contributed by atoms with Gasteiger partial charge in [0.1, 0.15) is 12.4 Å². The average molecular weight is 287 g/mol. The van der Waals surface area contributed by atoms with E-state index >= 15 is 0 Å². The summed E-state index contributed by atoms with van der Waals surface area (Å²) in [6.07, 6.45) is 0. The molecular formula is C17H21NO3. The average Bonchev–Trinajstić information content (AvgIpc) is 2.51. The highest BCUT2D eigenvalue weighted by atomic mass is 16.5. The first-order valence-corrected chi connectivity index (χ1v) is 7.26. The van der Waals surface area contributed by atoms with E-state index in [4.69, 9.17) is 9.84 Å². The Morgan fingerprint density at radius 2 is 1.76 bits per heavy atom. The molecule has 0 amide bonds. The fraction of sp³-hybridized carbons (Fsp3) is 0.353. The molecule has 0 saturated carbocycles. The second-order valence-corrected chi connectivity index (χ2v) is 4.90. The van der Waals surface area contributed by atoms with Gasteiger partial charge in [-0.1, -0.05) is 26.0 Å². The van der Waals surface area contributed by atoms with Crippen molar-refractivity contribution in [2.75, 3.05) is 26.2 Å². The molecule has 0 aromatic heterocycles. The minimum atomic E-state index is -0.906. The van der Waals surface area contributed by atoms with Gasteiger partial charge in [-0.25, -0.2) is 4.79 Å². The van der Waals surface area contributed by atoms with E-state index in [1.165, 1.54) is 0 Å². The molecule has 0 heterocycles. The number of rotatable bonds is 7. The first-order valence-electron chi connectivity index (χ1n) is 7.26. The largest absolute Gasteiger partial charge is 0.492 e. The summed E-state index contributed by atoms with van der Waals surface area (Å²) in [5.41, 5.74) is 0.303. The molecule has 0 fully saturated rings. The smallest absolute Gasteiger partial charge is 0.335 e. The number of nitrogens with zero attached hydrogens (tertiary/aromatic N) is 1. The van der Waals surface area contributed by atoms with Gasteiger partial charge >= 0.3 is 5.97 Å². The molecule has 0 aliphatic heterocycles. The summed E-state index contributed by atoms with van der Waals surface area (Å²) >= 11 is 0. The number of fused-ring (bicyclic) bond motifs is 1. The molecular weight excluding hydrogens is 266 g/mol. The van der Waals surface area contributed by atoms with E-state index in [0.717, 1.165) is 36.2 Å². The Morgan fingerprint density at radius 3 is 2.43 bits per heavy atom. The number of benzene rings is 2. The molecule has 0 aliphatic rings. The Kier molecular flexibility index (Phi) is 5.17. The lowest BCUT2D eigenvalue weighted by Gasteiger charge is -2.18. The summed E-state index contributed by atoms with van der Waals surface area (Å²) in [4.78, 5) is 13.3. The maximum absolute atomic E-state index is 10.9. The highest BCUT2D eigenvalue weighted by Crippen LogP contribution is 2.22. The number of carboxylic acid groups (broad SMARTS) is 1. The molecule has 0 spiro atoms. The summed E-state index contributed by atoms with van der Waals surface area (Å²) in [6, 6.07) is 10.8. The number of hydrogen-bond donors (Lipinski definition) is 1. The van der Waals surface area contributed by atoms with Gasteiger partial charge in [0.05, 0.1) is 5.56 Å². The van der Waals surface area contributed by atoms with Crippen LogP contribution in [0.5, 0.6) is 5.75 Å². The Hall–Kier alpha value is -2.07. The Labute approximate surface area is 124 Å². The SMILES string of the molecule is CCN(CC)CCOc1ccc2cc(C(=O)O)ccc2c1. The quantitative estimate of drug-likeness (QED) is 0.849. The maximum atomic E-state index is 10.9. The Morgan fingerprint density at radius 1 is 1.10 bits per heavy atom. The molecule has 0 radical (unpaired) electrons. The van der Waals surface area contributed by atoms with Crippen LogP contribution in [0.25, 0.3) is 10.8 Å². The third kappa shape index (κ3) is 3.95. The van der Waals surface area contributed by atoms with E-state index in [9.17, 15) is 4.79 Å². The fourth-order valence-electron chi connectivity index (χ4n) is 2.28. The lowest BCUT2D eigenvalue weighted by atomic mass is 10.1. The van der Waals surface area contributed by atoms with Crippen LogP contribution in [0.2, 0.25) is 0 Å². The first-order chi connectivity index (χ1) is 10.1. The van der Waals surface area contributed by atoms with Gasteiger partial charge in [-0.3, -0.25) is 0 Å². The summed E-state index contributed by atoms with van der Waals surface area (Å²) < 4.78 is 5.77. The molecule has 4 heteroatoms. The molecule has 0 bridgehead atoms.